The highest BCUT2D eigenvalue weighted by atomic mass is 16.5. The summed E-state index contributed by atoms with van der Waals surface area (Å²) in [5, 5.41) is 3.07. The minimum Gasteiger partial charge on any atom is -0.495 e. The number of nitrogens with zero attached hydrogens (tertiary/aromatic N) is 2. The maximum Gasteiger partial charge on any atom is 0.193 e. The number of guanidine groups is 1. The predicted molar refractivity (Wildman–Crippen MR) is 95.9 cm³/mol. The Bertz CT molecular complexity index is 628. The number of likely N-dealkylation sites (N-methyl/N-ethyl adjacent to an activating group) is 1. The molecule has 0 heterocycles. The molecular formula is C18H24N4O. The van der Waals surface area contributed by atoms with E-state index < -0.39 is 0 Å². The monoisotopic (exact) mass is 312 g/mol. The van der Waals surface area contributed by atoms with Gasteiger partial charge >= 0.3 is 0 Å². The van der Waals surface area contributed by atoms with Gasteiger partial charge in [0.1, 0.15) is 5.75 Å². The van der Waals surface area contributed by atoms with Crippen LogP contribution in [0.25, 0.3) is 0 Å². The Morgan fingerprint density at radius 3 is 2.57 bits per heavy atom. The molecule has 2 aromatic rings. The summed E-state index contributed by atoms with van der Waals surface area (Å²) in [4.78, 5) is 6.58. The lowest BCUT2D eigenvalue weighted by Crippen LogP contribution is -2.26. The van der Waals surface area contributed by atoms with Crippen molar-refractivity contribution in [2.24, 2.45) is 10.7 Å². The fourth-order valence-electron chi connectivity index (χ4n) is 2.24. The van der Waals surface area contributed by atoms with Gasteiger partial charge in [0.2, 0.25) is 0 Å². The molecule has 0 fully saturated rings. The van der Waals surface area contributed by atoms with Crippen molar-refractivity contribution in [1.29, 1.82) is 0 Å². The average Bonchev–Trinajstić information content (AvgIpc) is 2.56. The molecule has 122 valence electrons. The van der Waals surface area contributed by atoms with Crippen LogP contribution in [-0.4, -0.2) is 38.1 Å². The zero-order valence-electron chi connectivity index (χ0n) is 13.7. The summed E-state index contributed by atoms with van der Waals surface area (Å²) < 4.78 is 5.27. The van der Waals surface area contributed by atoms with E-state index >= 15 is 0 Å². The van der Waals surface area contributed by atoms with Crippen LogP contribution in [0.3, 0.4) is 0 Å². The lowest BCUT2D eigenvalue weighted by Gasteiger charge is -2.15. The van der Waals surface area contributed by atoms with Gasteiger partial charge in [-0.05, 0) is 24.7 Å². The third kappa shape index (κ3) is 5.64. The van der Waals surface area contributed by atoms with E-state index in [9.17, 15) is 0 Å². The first kappa shape index (κ1) is 16.8. The zero-order chi connectivity index (χ0) is 16.5. The predicted octanol–water partition coefficient (Wildman–Crippen LogP) is 2.55. The van der Waals surface area contributed by atoms with E-state index in [0.29, 0.717) is 12.5 Å². The van der Waals surface area contributed by atoms with Gasteiger partial charge in [0.05, 0.1) is 19.3 Å². The molecule has 5 nitrogen and oxygen atoms in total. The van der Waals surface area contributed by atoms with Crippen LogP contribution in [-0.2, 0) is 6.54 Å². The van der Waals surface area contributed by atoms with E-state index in [2.05, 4.69) is 46.5 Å². The van der Waals surface area contributed by atoms with Gasteiger partial charge in [-0.3, -0.25) is 4.99 Å². The molecule has 0 spiro atoms. The van der Waals surface area contributed by atoms with Gasteiger partial charge in [-0.2, -0.15) is 0 Å². The number of hydrogen-bond donors (Lipinski definition) is 2. The van der Waals surface area contributed by atoms with E-state index in [-0.39, 0.29) is 0 Å². The molecule has 0 aliphatic carbocycles. The fraction of sp³-hybridized carbons (Fsp3) is 0.278. The van der Waals surface area contributed by atoms with Crippen molar-refractivity contribution in [2.75, 3.05) is 32.6 Å². The van der Waals surface area contributed by atoms with E-state index in [1.807, 2.05) is 30.3 Å². The van der Waals surface area contributed by atoms with Crippen LogP contribution >= 0.6 is 0 Å². The molecular weight excluding hydrogens is 288 g/mol. The van der Waals surface area contributed by atoms with Crippen molar-refractivity contribution in [3.8, 4) is 5.75 Å². The Morgan fingerprint density at radius 1 is 1.13 bits per heavy atom. The smallest absolute Gasteiger partial charge is 0.193 e. The van der Waals surface area contributed by atoms with Crippen molar-refractivity contribution in [2.45, 2.75) is 6.54 Å². The highest BCUT2D eigenvalue weighted by molar-refractivity contribution is 5.93. The minimum atomic E-state index is 0.391. The van der Waals surface area contributed by atoms with Crippen molar-refractivity contribution in [1.82, 2.24) is 4.90 Å². The second-order valence-electron chi connectivity index (χ2n) is 5.32. The van der Waals surface area contributed by atoms with Crippen LogP contribution in [0.4, 0.5) is 5.69 Å². The number of nitrogens with two attached hydrogens (primary N) is 1. The summed E-state index contributed by atoms with van der Waals surface area (Å²) in [6.45, 7) is 2.37. The molecule has 0 aliphatic rings. The first-order valence-corrected chi connectivity index (χ1v) is 7.61. The normalized spacial score (nSPS) is 11.5. The summed E-state index contributed by atoms with van der Waals surface area (Å²) in [6.07, 6.45) is 0. The van der Waals surface area contributed by atoms with Gasteiger partial charge in [0.15, 0.2) is 5.96 Å². The zero-order valence-corrected chi connectivity index (χ0v) is 13.7. The van der Waals surface area contributed by atoms with Crippen molar-refractivity contribution in [3.63, 3.8) is 0 Å². The number of aliphatic imine (C=N–C) groups is 1. The number of methoxy groups -OCH3 is 1. The highest BCUT2D eigenvalue weighted by Gasteiger charge is 2.03. The second-order valence-corrected chi connectivity index (χ2v) is 5.32. The number of hydrogen-bond acceptors (Lipinski definition) is 3. The minimum absolute atomic E-state index is 0.391. The van der Waals surface area contributed by atoms with E-state index in [1.54, 1.807) is 7.11 Å². The van der Waals surface area contributed by atoms with Crippen LogP contribution in [0.1, 0.15) is 5.56 Å². The first-order chi connectivity index (χ1) is 11.2. The summed E-state index contributed by atoms with van der Waals surface area (Å²) in [5.41, 5.74) is 8.04. The van der Waals surface area contributed by atoms with Crippen molar-refractivity contribution >= 4 is 11.6 Å². The highest BCUT2D eigenvalue weighted by Crippen LogP contribution is 2.22. The molecule has 0 bridgehead atoms. The van der Waals surface area contributed by atoms with Crippen LogP contribution in [0.2, 0.25) is 0 Å². The molecule has 0 aromatic heterocycles. The lowest BCUT2D eigenvalue weighted by atomic mass is 10.2. The molecule has 0 unspecified atom stereocenters. The molecule has 0 atom stereocenters. The number of benzene rings is 2. The number of anilines is 1. The Morgan fingerprint density at radius 2 is 1.83 bits per heavy atom. The summed E-state index contributed by atoms with van der Waals surface area (Å²) in [5.74, 6) is 1.13. The third-order valence-corrected chi connectivity index (χ3v) is 3.43. The Kier molecular flexibility index (Phi) is 6.44. The molecule has 0 aliphatic heterocycles. The number of para-hydroxylation sites is 2. The standard InChI is InChI=1S/C18H24N4O/c1-22(14-15-8-4-3-5-9-15)13-12-20-18(19)21-16-10-6-7-11-17(16)23-2/h3-11H,12-14H2,1-2H3,(H3,19,20,21). The largest absolute Gasteiger partial charge is 0.495 e. The SMILES string of the molecule is COc1ccccc1NC(N)=NCCN(C)Cc1ccccc1. The number of rotatable bonds is 7. The number of ether oxygens (including phenoxy) is 1. The molecule has 5 heteroatoms. The quantitative estimate of drug-likeness (QED) is 0.609. The molecule has 0 saturated carbocycles. The van der Waals surface area contributed by atoms with Gasteiger partial charge in [-0.1, -0.05) is 42.5 Å². The maximum absolute atomic E-state index is 5.93. The average molecular weight is 312 g/mol. The van der Waals surface area contributed by atoms with Crippen LogP contribution in [0.15, 0.2) is 59.6 Å². The van der Waals surface area contributed by atoms with Crippen molar-refractivity contribution in [3.05, 3.63) is 60.2 Å². The van der Waals surface area contributed by atoms with Gasteiger partial charge in [-0.25, -0.2) is 0 Å². The van der Waals surface area contributed by atoms with E-state index in [4.69, 9.17) is 10.5 Å². The second kappa shape index (κ2) is 8.80. The Labute approximate surface area is 137 Å². The summed E-state index contributed by atoms with van der Waals surface area (Å²) >= 11 is 0. The van der Waals surface area contributed by atoms with Crippen LogP contribution in [0, 0.1) is 0 Å². The van der Waals surface area contributed by atoms with Gasteiger partial charge in [0.25, 0.3) is 0 Å². The molecule has 0 amide bonds. The summed E-state index contributed by atoms with van der Waals surface area (Å²) in [7, 11) is 3.71. The first-order valence-electron chi connectivity index (χ1n) is 7.61. The molecule has 23 heavy (non-hydrogen) atoms. The Balaban J connectivity index is 1.80. The van der Waals surface area contributed by atoms with Gasteiger partial charge in [0, 0.05) is 13.1 Å². The Hall–Kier alpha value is -2.53. The number of nitrogens with one attached hydrogen (secondary N) is 1. The lowest BCUT2D eigenvalue weighted by molar-refractivity contribution is 0.336. The van der Waals surface area contributed by atoms with E-state index in [0.717, 1.165) is 24.5 Å². The van der Waals surface area contributed by atoms with Crippen molar-refractivity contribution < 1.29 is 4.74 Å². The molecule has 0 saturated heterocycles. The third-order valence-electron chi connectivity index (χ3n) is 3.43. The molecule has 0 radical (unpaired) electrons. The summed E-state index contributed by atoms with van der Waals surface area (Å²) in [6, 6.07) is 18.0. The molecule has 2 rings (SSSR count). The maximum atomic E-state index is 5.93. The molecule has 3 N–H and O–H groups in total. The van der Waals surface area contributed by atoms with Crippen LogP contribution in [0.5, 0.6) is 5.75 Å². The van der Waals surface area contributed by atoms with E-state index in [1.165, 1.54) is 5.56 Å². The van der Waals surface area contributed by atoms with Gasteiger partial charge < -0.3 is 20.7 Å². The van der Waals surface area contributed by atoms with Crippen LogP contribution < -0.4 is 15.8 Å². The fourth-order valence-corrected chi connectivity index (χ4v) is 2.24. The van der Waals surface area contributed by atoms with Gasteiger partial charge in [-0.15, -0.1) is 0 Å². The topological polar surface area (TPSA) is 62.9 Å². The molecule has 2 aromatic carbocycles.